The van der Waals surface area contributed by atoms with Crippen LogP contribution in [0.1, 0.15) is 22.3 Å². The quantitative estimate of drug-likeness (QED) is 0.166. The zero-order chi connectivity index (χ0) is 40.8. The molecule has 0 radical (unpaired) electrons. The van der Waals surface area contributed by atoms with E-state index in [1.165, 1.54) is 58.9 Å². The van der Waals surface area contributed by atoms with Crippen LogP contribution < -0.4 is 4.90 Å². The van der Waals surface area contributed by atoms with Crippen LogP contribution in [0.4, 0.5) is 17.1 Å². The first-order chi connectivity index (χ1) is 30.7. The van der Waals surface area contributed by atoms with Gasteiger partial charge in [-0.25, -0.2) is 0 Å². The van der Waals surface area contributed by atoms with E-state index >= 15 is 0 Å². The molecule has 0 bridgehead atoms. The van der Waals surface area contributed by atoms with Crippen LogP contribution in [0.2, 0.25) is 0 Å². The lowest BCUT2D eigenvalue weighted by molar-refractivity contribution is 0.673. The minimum atomic E-state index is -0.520. The Morgan fingerprint density at radius 3 is 1.89 bits per heavy atom. The minimum Gasteiger partial charge on any atom is -0.455 e. The highest BCUT2D eigenvalue weighted by Gasteiger charge is 2.46. The maximum absolute atomic E-state index is 6.66. The van der Waals surface area contributed by atoms with E-state index in [-0.39, 0.29) is 0 Å². The van der Waals surface area contributed by atoms with Crippen molar-refractivity contribution in [1.82, 2.24) is 0 Å². The Kier molecular flexibility index (Phi) is 7.72. The van der Waals surface area contributed by atoms with Crippen LogP contribution >= 0.6 is 11.3 Å². The van der Waals surface area contributed by atoms with Gasteiger partial charge in [-0.3, -0.25) is 0 Å². The Labute approximate surface area is 363 Å². The minimum absolute atomic E-state index is 0.520. The molecule has 10 aromatic carbocycles. The van der Waals surface area contributed by atoms with Gasteiger partial charge in [0.1, 0.15) is 11.2 Å². The van der Waals surface area contributed by atoms with Crippen molar-refractivity contribution in [2.24, 2.45) is 0 Å². The summed E-state index contributed by atoms with van der Waals surface area (Å²) >= 11 is 1.85. The van der Waals surface area contributed by atoms with E-state index in [1.54, 1.807) is 0 Å². The molecule has 62 heavy (non-hydrogen) atoms. The molecule has 0 saturated heterocycles. The smallest absolute Gasteiger partial charge is 0.143 e. The summed E-state index contributed by atoms with van der Waals surface area (Å²) in [5.41, 5.74) is 14.5. The number of hydrogen-bond acceptors (Lipinski definition) is 3. The second-order valence-electron chi connectivity index (χ2n) is 16.4. The fourth-order valence-corrected chi connectivity index (χ4v) is 11.6. The van der Waals surface area contributed by atoms with Crippen molar-refractivity contribution < 1.29 is 4.42 Å². The first-order valence-corrected chi connectivity index (χ1v) is 22.1. The van der Waals surface area contributed by atoms with Gasteiger partial charge in [0.15, 0.2) is 0 Å². The van der Waals surface area contributed by atoms with E-state index in [9.17, 15) is 0 Å². The summed E-state index contributed by atoms with van der Waals surface area (Å²) in [5.74, 6) is 0. The molecule has 0 unspecified atom stereocenters. The normalized spacial score (nSPS) is 13.0. The van der Waals surface area contributed by atoms with Crippen LogP contribution in [-0.2, 0) is 5.41 Å². The van der Waals surface area contributed by atoms with Gasteiger partial charge in [0.2, 0.25) is 0 Å². The van der Waals surface area contributed by atoms with E-state index in [1.807, 2.05) is 11.3 Å². The molecule has 13 rings (SSSR count). The van der Waals surface area contributed by atoms with Gasteiger partial charge >= 0.3 is 0 Å². The zero-order valence-corrected chi connectivity index (χ0v) is 34.4. The van der Waals surface area contributed by atoms with Gasteiger partial charge in [-0.2, -0.15) is 0 Å². The Morgan fingerprint density at radius 1 is 0.387 bits per heavy atom. The lowest BCUT2D eigenvalue weighted by atomic mass is 9.67. The number of rotatable bonds is 6. The van der Waals surface area contributed by atoms with Crippen LogP contribution in [-0.4, -0.2) is 0 Å². The number of hydrogen-bond donors (Lipinski definition) is 0. The number of benzene rings is 10. The number of fused-ring (bicyclic) bond motifs is 11. The molecule has 3 heteroatoms. The van der Waals surface area contributed by atoms with E-state index < -0.39 is 5.41 Å². The first kappa shape index (κ1) is 35.1. The highest BCUT2D eigenvalue weighted by atomic mass is 32.1. The van der Waals surface area contributed by atoms with Crippen molar-refractivity contribution in [2.45, 2.75) is 5.41 Å². The molecule has 0 spiro atoms. The summed E-state index contributed by atoms with van der Waals surface area (Å²) in [4.78, 5) is 2.46. The van der Waals surface area contributed by atoms with Gasteiger partial charge in [0.25, 0.3) is 0 Å². The van der Waals surface area contributed by atoms with E-state index in [0.29, 0.717) is 0 Å². The number of furan rings is 1. The standard InChI is InChI=1S/C59H37NOS/c1-3-17-40(18-4-1)59(41-19-5-2-6-20-41)52-26-11-9-23-47(52)48-33-30-44(37-53(48)59)60(43-31-34-56-51(36-43)49-24-10-12-28-55(49)62-56)42-21-13-16-39(35-42)45-25-14-27-54-57(45)50-32-29-38-15-7-8-22-46(38)58(50)61-54/h1-37H. The van der Waals surface area contributed by atoms with Crippen LogP contribution in [0.25, 0.3) is 75.1 Å². The first-order valence-electron chi connectivity index (χ1n) is 21.2. The van der Waals surface area contributed by atoms with Gasteiger partial charge < -0.3 is 9.32 Å². The molecule has 0 fully saturated rings. The van der Waals surface area contributed by atoms with Gasteiger partial charge in [-0.15, -0.1) is 11.3 Å². The molecule has 0 aliphatic heterocycles. The van der Waals surface area contributed by atoms with Crippen LogP contribution in [0, 0.1) is 0 Å². The highest BCUT2D eigenvalue weighted by molar-refractivity contribution is 7.25. The van der Waals surface area contributed by atoms with Crippen molar-refractivity contribution in [3.63, 3.8) is 0 Å². The summed E-state index contributed by atoms with van der Waals surface area (Å²) in [6, 6.07) is 82.4. The van der Waals surface area contributed by atoms with E-state index in [0.717, 1.165) is 55.5 Å². The molecule has 0 saturated carbocycles. The van der Waals surface area contributed by atoms with Crippen molar-refractivity contribution in [3.05, 3.63) is 247 Å². The summed E-state index contributed by atoms with van der Waals surface area (Å²) in [7, 11) is 0. The van der Waals surface area contributed by atoms with Crippen LogP contribution in [0.5, 0.6) is 0 Å². The summed E-state index contributed by atoms with van der Waals surface area (Å²) < 4.78 is 9.25. The molecule has 0 atom stereocenters. The third kappa shape index (κ3) is 5.09. The molecule has 12 aromatic rings. The molecule has 2 heterocycles. The molecule has 290 valence electrons. The second kappa shape index (κ2) is 13.7. The third-order valence-electron chi connectivity index (χ3n) is 13.1. The Balaban J connectivity index is 1.06. The highest BCUT2D eigenvalue weighted by Crippen LogP contribution is 2.57. The topological polar surface area (TPSA) is 16.4 Å². The van der Waals surface area contributed by atoms with Crippen LogP contribution in [0.3, 0.4) is 0 Å². The Morgan fingerprint density at radius 2 is 1.03 bits per heavy atom. The summed E-state index contributed by atoms with van der Waals surface area (Å²) in [6.07, 6.45) is 0. The predicted octanol–water partition coefficient (Wildman–Crippen LogP) is 16.6. The zero-order valence-electron chi connectivity index (χ0n) is 33.6. The van der Waals surface area contributed by atoms with Crippen molar-refractivity contribution >= 4 is 81.3 Å². The molecular weight excluding hydrogens is 771 g/mol. The lowest BCUT2D eigenvalue weighted by Gasteiger charge is -2.35. The SMILES string of the molecule is c1ccc(C2(c3ccccc3)c3ccccc3-c3ccc(N(c4cccc(-c5cccc6oc7c8ccccc8ccc7c56)c4)c4ccc5sc6ccccc6c5c4)cc32)cc1. The molecular formula is C59H37NOS. The largest absolute Gasteiger partial charge is 0.455 e. The van der Waals surface area contributed by atoms with Crippen molar-refractivity contribution in [1.29, 1.82) is 0 Å². The molecule has 0 N–H and O–H groups in total. The molecule has 0 amide bonds. The molecule has 1 aliphatic carbocycles. The number of nitrogens with zero attached hydrogens (tertiary/aromatic N) is 1. The average molecular weight is 808 g/mol. The number of anilines is 3. The van der Waals surface area contributed by atoms with Gasteiger partial charge in [0, 0.05) is 53.4 Å². The fraction of sp³-hybridized carbons (Fsp3) is 0.0169. The van der Waals surface area contributed by atoms with Crippen LogP contribution in [0.15, 0.2) is 229 Å². The summed E-state index contributed by atoms with van der Waals surface area (Å²) in [5, 5.41) is 7.11. The maximum atomic E-state index is 6.66. The second-order valence-corrected chi connectivity index (χ2v) is 17.4. The molecule has 2 nitrogen and oxygen atoms in total. The third-order valence-corrected chi connectivity index (χ3v) is 14.3. The van der Waals surface area contributed by atoms with Crippen molar-refractivity contribution in [3.8, 4) is 22.3 Å². The Bertz CT molecular complexity index is 3670. The van der Waals surface area contributed by atoms with E-state index in [2.05, 4.69) is 229 Å². The average Bonchev–Trinajstić information content (AvgIpc) is 4.01. The number of thiophene rings is 1. The predicted molar refractivity (Wildman–Crippen MR) is 262 cm³/mol. The molecule has 2 aromatic heterocycles. The summed E-state index contributed by atoms with van der Waals surface area (Å²) in [6.45, 7) is 0. The van der Waals surface area contributed by atoms with Gasteiger partial charge in [-0.05, 0) is 111 Å². The van der Waals surface area contributed by atoms with Gasteiger partial charge in [0.05, 0.1) is 5.41 Å². The van der Waals surface area contributed by atoms with Gasteiger partial charge in [-0.1, -0.05) is 164 Å². The fourth-order valence-electron chi connectivity index (χ4n) is 10.5. The maximum Gasteiger partial charge on any atom is 0.143 e. The molecule has 1 aliphatic rings. The monoisotopic (exact) mass is 807 g/mol. The Hall–Kier alpha value is -7.72. The van der Waals surface area contributed by atoms with E-state index in [4.69, 9.17) is 4.42 Å². The lowest BCUT2D eigenvalue weighted by Crippen LogP contribution is -2.28. The van der Waals surface area contributed by atoms with Crippen molar-refractivity contribution in [2.75, 3.05) is 4.90 Å².